The van der Waals surface area contributed by atoms with E-state index in [0.29, 0.717) is 11.4 Å². The van der Waals surface area contributed by atoms with Crippen molar-refractivity contribution in [3.63, 3.8) is 0 Å². The second kappa shape index (κ2) is 5.02. The quantitative estimate of drug-likeness (QED) is 0.837. The summed E-state index contributed by atoms with van der Waals surface area (Å²) >= 11 is 5.71. The lowest BCUT2D eigenvalue weighted by Gasteiger charge is -2.07. The molecule has 0 aliphatic rings. The van der Waals surface area contributed by atoms with E-state index in [-0.39, 0.29) is 5.56 Å². The third kappa shape index (κ3) is 2.48. The number of carboxylic acids is 1. The minimum Gasteiger partial charge on any atom is -0.478 e. The molecule has 0 fully saturated rings. The molecule has 2 rings (SSSR count). The number of carboxylic acid groups (broad SMARTS) is 1. The van der Waals surface area contributed by atoms with Crippen LogP contribution in [0.25, 0.3) is 11.1 Å². The van der Waals surface area contributed by atoms with Crippen LogP contribution >= 0.6 is 11.6 Å². The van der Waals surface area contributed by atoms with E-state index in [2.05, 4.69) is 0 Å². The van der Waals surface area contributed by atoms with Crippen molar-refractivity contribution in [1.82, 2.24) is 0 Å². The van der Waals surface area contributed by atoms with Crippen molar-refractivity contribution in [2.75, 3.05) is 0 Å². The summed E-state index contributed by atoms with van der Waals surface area (Å²) in [6.07, 6.45) is 0. The predicted molar refractivity (Wildman–Crippen MR) is 68.4 cm³/mol. The first-order valence-corrected chi connectivity index (χ1v) is 5.73. The summed E-state index contributed by atoms with van der Waals surface area (Å²) in [4.78, 5) is 11.2. The number of benzene rings is 2. The predicted octanol–water partition coefficient (Wildman–Crippen LogP) is 3.79. The van der Waals surface area contributed by atoms with Crippen LogP contribution in [0.3, 0.4) is 0 Å². The van der Waals surface area contributed by atoms with E-state index in [1.165, 1.54) is 0 Å². The van der Waals surface area contributed by atoms with Crippen molar-refractivity contribution in [2.24, 2.45) is 0 Å². The van der Waals surface area contributed by atoms with Gasteiger partial charge in [-0.05, 0) is 22.8 Å². The third-order valence-corrected chi connectivity index (χ3v) is 2.86. The normalized spacial score (nSPS) is 10.2. The Morgan fingerprint density at radius 1 is 1.12 bits per heavy atom. The van der Waals surface area contributed by atoms with Crippen LogP contribution in [-0.2, 0) is 5.88 Å². The summed E-state index contributed by atoms with van der Waals surface area (Å²) in [5.41, 5.74) is 2.70. The maximum atomic E-state index is 11.2. The largest absolute Gasteiger partial charge is 0.478 e. The molecule has 1 N–H and O–H groups in total. The molecule has 0 amide bonds. The molecule has 0 aliphatic heterocycles. The lowest BCUT2D eigenvalue weighted by Crippen LogP contribution is -2.00. The van der Waals surface area contributed by atoms with Crippen LogP contribution in [0.5, 0.6) is 0 Å². The highest BCUT2D eigenvalue weighted by molar-refractivity contribution is 6.17. The van der Waals surface area contributed by atoms with Crippen LogP contribution in [-0.4, -0.2) is 11.1 Å². The molecule has 86 valence electrons. The molecule has 2 aromatic rings. The van der Waals surface area contributed by atoms with E-state index < -0.39 is 5.97 Å². The van der Waals surface area contributed by atoms with E-state index in [0.717, 1.165) is 11.1 Å². The summed E-state index contributed by atoms with van der Waals surface area (Å²) in [7, 11) is 0. The fourth-order valence-electron chi connectivity index (χ4n) is 1.72. The Morgan fingerprint density at radius 3 is 2.41 bits per heavy atom. The summed E-state index contributed by atoms with van der Waals surface area (Å²) in [5, 5.41) is 9.20. The van der Waals surface area contributed by atoms with E-state index in [1.807, 2.05) is 36.4 Å². The Balaban J connectivity index is 2.58. The molecular formula is C14H11ClO2. The number of hydrogen-bond donors (Lipinski definition) is 1. The second-order valence-corrected chi connectivity index (χ2v) is 3.95. The summed E-state index contributed by atoms with van der Waals surface area (Å²) < 4.78 is 0. The number of alkyl halides is 1. The van der Waals surface area contributed by atoms with Gasteiger partial charge in [0.05, 0.1) is 5.56 Å². The van der Waals surface area contributed by atoms with Gasteiger partial charge in [-0.3, -0.25) is 0 Å². The molecule has 0 bridgehead atoms. The van der Waals surface area contributed by atoms with Crippen LogP contribution in [0.1, 0.15) is 15.9 Å². The van der Waals surface area contributed by atoms with Crippen molar-refractivity contribution < 1.29 is 9.90 Å². The summed E-state index contributed by atoms with van der Waals surface area (Å²) in [5.74, 6) is -0.620. The van der Waals surface area contributed by atoms with Gasteiger partial charge in [-0.25, -0.2) is 4.79 Å². The highest BCUT2D eigenvalue weighted by Crippen LogP contribution is 2.25. The van der Waals surface area contributed by atoms with Crippen molar-refractivity contribution in [3.8, 4) is 11.1 Å². The molecule has 2 aromatic carbocycles. The van der Waals surface area contributed by atoms with Crippen molar-refractivity contribution in [2.45, 2.75) is 5.88 Å². The Labute approximate surface area is 104 Å². The first-order valence-electron chi connectivity index (χ1n) is 5.20. The minimum atomic E-state index is -0.934. The molecule has 0 radical (unpaired) electrons. The molecule has 0 unspecified atom stereocenters. The summed E-state index contributed by atoms with van der Waals surface area (Å²) in [6.45, 7) is 0. The first-order chi connectivity index (χ1) is 8.22. The molecule has 0 heterocycles. The molecule has 0 saturated heterocycles. The van der Waals surface area contributed by atoms with Gasteiger partial charge in [0.2, 0.25) is 0 Å². The zero-order chi connectivity index (χ0) is 12.3. The topological polar surface area (TPSA) is 37.3 Å². The van der Waals surface area contributed by atoms with Crippen LogP contribution in [0.4, 0.5) is 0 Å². The Hall–Kier alpha value is -1.80. The standard InChI is InChI=1S/C14H11ClO2/c15-9-10-6-7-12(13(8-10)14(16)17)11-4-2-1-3-5-11/h1-8H,9H2,(H,16,17). The zero-order valence-corrected chi connectivity index (χ0v) is 9.82. The van der Waals surface area contributed by atoms with Gasteiger partial charge in [0.15, 0.2) is 0 Å². The highest BCUT2D eigenvalue weighted by Gasteiger charge is 2.11. The van der Waals surface area contributed by atoms with E-state index in [9.17, 15) is 9.90 Å². The number of carbonyl (C=O) groups is 1. The highest BCUT2D eigenvalue weighted by atomic mass is 35.5. The van der Waals surface area contributed by atoms with Gasteiger partial charge in [0.25, 0.3) is 0 Å². The number of hydrogen-bond acceptors (Lipinski definition) is 1. The van der Waals surface area contributed by atoms with Crippen molar-refractivity contribution >= 4 is 17.6 Å². The molecular weight excluding hydrogens is 236 g/mol. The van der Waals surface area contributed by atoms with Crippen LogP contribution in [0.2, 0.25) is 0 Å². The average Bonchev–Trinajstić information content (AvgIpc) is 2.39. The zero-order valence-electron chi connectivity index (χ0n) is 9.06. The monoisotopic (exact) mass is 246 g/mol. The van der Waals surface area contributed by atoms with Gasteiger partial charge < -0.3 is 5.11 Å². The van der Waals surface area contributed by atoms with Crippen molar-refractivity contribution in [3.05, 3.63) is 59.7 Å². The van der Waals surface area contributed by atoms with Crippen molar-refractivity contribution in [1.29, 1.82) is 0 Å². The molecule has 3 heteroatoms. The molecule has 0 atom stereocenters. The van der Waals surface area contributed by atoms with Gasteiger partial charge >= 0.3 is 5.97 Å². The maximum absolute atomic E-state index is 11.2. The third-order valence-electron chi connectivity index (χ3n) is 2.55. The molecule has 0 aromatic heterocycles. The molecule has 0 spiro atoms. The second-order valence-electron chi connectivity index (χ2n) is 3.68. The van der Waals surface area contributed by atoms with Gasteiger partial charge in [0, 0.05) is 5.88 Å². The van der Waals surface area contributed by atoms with Gasteiger partial charge in [-0.15, -0.1) is 11.6 Å². The number of rotatable bonds is 3. The van der Waals surface area contributed by atoms with Gasteiger partial charge in [0.1, 0.15) is 0 Å². The van der Waals surface area contributed by atoms with E-state index >= 15 is 0 Å². The molecule has 0 saturated carbocycles. The first kappa shape index (κ1) is 11.7. The van der Waals surface area contributed by atoms with Gasteiger partial charge in [-0.1, -0.05) is 42.5 Å². The fourth-order valence-corrected chi connectivity index (χ4v) is 1.89. The molecule has 17 heavy (non-hydrogen) atoms. The maximum Gasteiger partial charge on any atom is 0.336 e. The lowest BCUT2D eigenvalue weighted by molar-refractivity contribution is 0.0697. The smallest absolute Gasteiger partial charge is 0.336 e. The fraction of sp³-hybridized carbons (Fsp3) is 0.0714. The van der Waals surface area contributed by atoms with Gasteiger partial charge in [-0.2, -0.15) is 0 Å². The van der Waals surface area contributed by atoms with E-state index in [4.69, 9.17) is 11.6 Å². The minimum absolute atomic E-state index is 0.286. The number of aromatic carboxylic acids is 1. The summed E-state index contributed by atoms with van der Waals surface area (Å²) in [6, 6.07) is 14.7. The lowest BCUT2D eigenvalue weighted by atomic mass is 9.98. The van der Waals surface area contributed by atoms with Crippen LogP contribution in [0.15, 0.2) is 48.5 Å². The van der Waals surface area contributed by atoms with E-state index in [1.54, 1.807) is 12.1 Å². The Bertz CT molecular complexity index is 535. The SMILES string of the molecule is O=C(O)c1cc(CCl)ccc1-c1ccccc1. The average molecular weight is 247 g/mol. The Morgan fingerprint density at radius 2 is 1.82 bits per heavy atom. The van der Waals surface area contributed by atoms with Crippen LogP contribution in [0, 0.1) is 0 Å². The Kier molecular flexibility index (Phi) is 3.45. The molecule has 0 aliphatic carbocycles. The van der Waals surface area contributed by atoms with Crippen LogP contribution < -0.4 is 0 Å². The number of halogens is 1. The molecule has 2 nitrogen and oxygen atoms in total.